The van der Waals surface area contributed by atoms with Crippen LogP contribution in [0.25, 0.3) is 0 Å². The molecule has 4 nitrogen and oxygen atoms in total. The summed E-state index contributed by atoms with van der Waals surface area (Å²) in [6.07, 6.45) is 3.92. The lowest BCUT2D eigenvalue weighted by Gasteiger charge is -2.20. The number of benzene rings is 1. The molecule has 1 saturated heterocycles. The molecule has 0 atom stereocenters. The zero-order valence-electron chi connectivity index (χ0n) is 12.3. The molecule has 0 saturated carbocycles. The number of amides is 1. The highest BCUT2D eigenvalue weighted by Crippen LogP contribution is 2.14. The SMILES string of the molecule is NCC#Cc1cccc(OCCN2CCCCCC2=O)c1. The van der Waals surface area contributed by atoms with E-state index in [1.165, 1.54) is 0 Å². The number of ether oxygens (including phenoxy) is 1. The van der Waals surface area contributed by atoms with E-state index in [1.807, 2.05) is 29.2 Å². The van der Waals surface area contributed by atoms with Crippen LogP contribution in [0.2, 0.25) is 0 Å². The van der Waals surface area contributed by atoms with Gasteiger partial charge in [-0.2, -0.15) is 0 Å². The molecule has 2 rings (SSSR count). The summed E-state index contributed by atoms with van der Waals surface area (Å²) in [4.78, 5) is 13.8. The first-order valence-corrected chi connectivity index (χ1v) is 7.49. The lowest BCUT2D eigenvalue weighted by atomic mass is 10.2. The van der Waals surface area contributed by atoms with Crippen molar-refractivity contribution in [1.82, 2.24) is 4.90 Å². The summed E-state index contributed by atoms with van der Waals surface area (Å²) in [5.41, 5.74) is 6.25. The first kappa shape index (κ1) is 15.4. The summed E-state index contributed by atoms with van der Waals surface area (Å²) in [7, 11) is 0. The lowest BCUT2D eigenvalue weighted by molar-refractivity contribution is -0.131. The Morgan fingerprint density at radius 1 is 1.29 bits per heavy atom. The van der Waals surface area contributed by atoms with Gasteiger partial charge in [0, 0.05) is 18.5 Å². The minimum atomic E-state index is 0.249. The number of carbonyl (C=O) groups excluding carboxylic acids is 1. The fourth-order valence-corrected chi connectivity index (χ4v) is 2.37. The van der Waals surface area contributed by atoms with Crippen molar-refractivity contribution >= 4 is 5.91 Å². The summed E-state index contributed by atoms with van der Waals surface area (Å²) >= 11 is 0. The topological polar surface area (TPSA) is 55.6 Å². The highest BCUT2D eigenvalue weighted by molar-refractivity contribution is 5.76. The highest BCUT2D eigenvalue weighted by atomic mass is 16.5. The molecule has 1 aliphatic heterocycles. The number of nitrogens with two attached hydrogens (primary N) is 1. The normalized spacial score (nSPS) is 15.1. The molecular formula is C17H22N2O2. The van der Waals surface area contributed by atoms with Gasteiger partial charge in [0.15, 0.2) is 0 Å². The number of carbonyl (C=O) groups is 1. The van der Waals surface area contributed by atoms with E-state index in [4.69, 9.17) is 10.5 Å². The molecule has 112 valence electrons. The number of nitrogens with zero attached hydrogens (tertiary/aromatic N) is 1. The average molecular weight is 286 g/mol. The molecule has 21 heavy (non-hydrogen) atoms. The van der Waals surface area contributed by atoms with E-state index in [1.54, 1.807) is 0 Å². The molecule has 1 amide bonds. The van der Waals surface area contributed by atoms with Gasteiger partial charge < -0.3 is 15.4 Å². The van der Waals surface area contributed by atoms with E-state index in [9.17, 15) is 4.79 Å². The molecule has 1 heterocycles. The maximum atomic E-state index is 11.9. The molecule has 0 aliphatic carbocycles. The largest absolute Gasteiger partial charge is 0.492 e. The molecule has 0 unspecified atom stereocenters. The van der Waals surface area contributed by atoms with Gasteiger partial charge in [-0.1, -0.05) is 24.3 Å². The van der Waals surface area contributed by atoms with Crippen LogP contribution in [0.4, 0.5) is 0 Å². The second-order valence-corrected chi connectivity index (χ2v) is 5.07. The number of hydrogen-bond donors (Lipinski definition) is 1. The summed E-state index contributed by atoms with van der Waals surface area (Å²) in [6.45, 7) is 2.36. The molecule has 1 aromatic carbocycles. The molecule has 0 aromatic heterocycles. The Kier molecular flexibility index (Phi) is 6.11. The van der Waals surface area contributed by atoms with Gasteiger partial charge >= 0.3 is 0 Å². The molecule has 0 radical (unpaired) electrons. The van der Waals surface area contributed by atoms with Gasteiger partial charge in [-0.05, 0) is 31.0 Å². The van der Waals surface area contributed by atoms with Crippen LogP contribution in [0, 0.1) is 11.8 Å². The van der Waals surface area contributed by atoms with Gasteiger partial charge in [0.2, 0.25) is 5.91 Å². The van der Waals surface area contributed by atoms with Crippen LogP contribution in [-0.4, -0.2) is 37.0 Å². The molecule has 0 bridgehead atoms. The van der Waals surface area contributed by atoms with Crippen LogP contribution in [0.3, 0.4) is 0 Å². The molecule has 0 spiro atoms. The van der Waals surface area contributed by atoms with Crippen molar-refractivity contribution in [2.24, 2.45) is 5.73 Å². The minimum Gasteiger partial charge on any atom is -0.492 e. The van der Waals surface area contributed by atoms with Crippen molar-refractivity contribution in [3.8, 4) is 17.6 Å². The highest BCUT2D eigenvalue weighted by Gasteiger charge is 2.15. The number of likely N-dealkylation sites (tertiary alicyclic amines) is 1. The third-order valence-electron chi connectivity index (χ3n) is 3.47. The summed E-state index contributed by atoms with van der Waals surface area (Å²) in [6, 6.07) is 7.63. The van der Waals surface area contributed by atoms with Gasteiger partial charge in [-0.15, -0.1) is 0 Å². The Hall–Kier alpha value is -1.99. The average Bonchev–Trinajstić information content (AvgIpc) is 2.71. The molecule has 4 heteroatoms. The van der Waals surface area contributed by atoms with Gasteiger partial charge in [-0.25, -0.2) is 0 Å². The van der Waals surface area contributed by atoms with Gasteiger partial charge in [0.05, 0.1) is 13.1 Å². The predicted molar refractivity (Wildman–Crippen MR) is 82.9 cm³/mol. The lowest BCUT2D eigenvalue weighted by Crippen LogP contribution is -2.34. The van der Waals surface area contributed by atoms with Crippen LogP contribution in [-0.2, 0) is 4.79 Å². The van der Waals surface area contributed by atoms with Crippen LogP contribution < -0.4 is 10.5 Å². The molecular weight excluding hydrogens is 264 g/mol. The fraction of sp³-hybridized carbons (Fsp3) is 0.471. The van der Waals surface area contributed by atoms with Gasteiger partial charge in [0.25, 0.3) is 0 Å². The minimum absolute atomic E-state index is 0.249. The Labute approximate surface area is 126 Å². The summed E-state index contributed by atoms with van der Waals surface area (Å²) in [5.74, 6) is 6.83. The Bertz CT molecular complexity index is 531. The van der Waals surface area contributed by atoms with E-state index in [2.05, 4.69) is 11.8 Å². The molecule has 1 aliphatic rings. The van der Waals surface area contributed by atoms with Crippen molar-refractivity contribution in [3.05, 3.63) is 29.8 Å². The van der Waals surface area contributed by atoms with Crippen molar-refractivity contribution in [1.29, 1.82) is 0 Å². The molecule has 1 fully saturated rings. The Balaban J connectivity index is 1.83. The summed E-state index contributed by atoms with van der Waals surface area (Å²) < 4.78 is 5.73. The van der Waals surface area contributed by atoms with E-state index < -0.39 is 0 Å². The molecule has 1 aromatic rings. The number of rotatable bonds is 4. The third-order valence-corrected chi connectivity index (χ3v) is 3.47. The van der Waals surface area contributed by atoms with Crippen LogP contribution in [0.1, 0.15) is 31.2 Å². The smallest absolute Gasteiger partial charge is 0.222 e. The Morgan fingerprint density at radius 3 is 3.05 bits per heavy atom. The maximum absolute atomic E-state index is 11.9. The van der Waals surface area contributed by atoms with E-state index in [0.29, 0.717) is 26.1 Å². The second kappa shape index (κ2) is 8.33. The van der Waals surface area contributed by atoms with E-state index in [0.717, 1.165) is 37.1 Å². The van der Waals surface area contributed by atoms with Crippen LogP contribution in [0.5, 0.6) is 5.75 Å². The predicted octanol–water partition coefficient (Wildman–Crippen LogP) is 1.78. The van der Waals surface area contributed by atoms with Crippen molar-refractivity contribution in [2.45, 2.75) is 25.7 Å². The fourth-order valence-electron chi connectivity index (χ4n) is 2.37. The zero-order valence-corrected chi connectivity index (χ0v) is 12.3. The first-order chi connectivity index (χ1) is 10.3. The van der Waals surface area contributed by atoms with Gasteiger partial charge in [0.1, 0.15) is 12.4 Å². The Morgan fingerprint density at radius 2 is 2.19 bits per heavy atom. The first-order valence-electron chi connectivity index (χ1n) is 7.49. The van der Waals surface area contributed by atoms with Crippen LogP contribution in [0.15, 0.2) is 24.3 Å². The van der Waals surface area contributed by atoms with Crippen molar-refractivity contribution in [3.63, 3.8) is 0 Å². The second-order valence-electron chi connectivity index (χ2n) is 5.07. The van der Waals surface area contributed by atoms with Gasteiger partial charge in [-0.3, -0.25) is 4.79 Å². The number of hydrogen-bond acceptors (Lipinski definition) is 3. The van der Waals surface area contributed by atoms with E-state index in [-0.39, 0.29) is 5.91 Å². The maximum Gasteiger partial charge on any atom is 0.222 e. The third kappa shape index (κ3) is 5.13. The zero-order chi connectivity index (χ0) is 14.9. The quantitative estimate of drug-likeness (QED) is 0.858. The van der Waals surface area contributed by atoms with E-state index >= 15 is 0 Å². The summed E-state index contributed by atoms with van der Waals surface area (Å²) in [5, 5.41) is 0. The van der Waals surface area contributed by atoms with Crippen molar-refractivity contribution in [2.75, 3.05) is 26.2 Å². The van der Waals surface area contributed by atoms with Crippen LogP contribution >= 0.6 is 0 Å². The van der Waals surface area contributed by atoms with Crippen molar-refractivity contribution < 1.29 is 9.53 Å². The monoisotopic (exact) mass is 286 g/mol. The molecule has 2 N–H and O–H groups in total. The standard InChI is InChI=1S/C17H22N2O2/c18-10-5-7-15-6-4-8-16(14-15)21-13-12-19-11-3-1-2-9-17(19)20/h4,6,8,14H,1-3,9-13,18H2.